The number of halogens is 2. The summed E-state index contributed by atoms with van der Waals surface area (Å²) in [7, 11) is 3.24. The van der Waals surface area contributed by atoms with Crippen molar-refractivity contribution < 1.29 is 13.5 Å². The highest BCUT2D eigenvalue weighted by Crippen LogP contribution is 2.21. The van der Waals surface area contributed by atoms with E-state index in [-0.39, 0.29) is 18.6 Å². The number of ether oxygens (including phenoxy) is 1. The molecule has 102 valence electrons. The van der Waals surface area contributed by atoms with Crippen LogP contribution in [0.4, 0.5) is 8.78 Å². The zero-order chi connectivity index (χ0) is 13.7. The highest BCUT2D eigenvalue weighted by molar-refractivity contribution is 5.29. The zero-order valence-corrected chi connectivity index (χ0v) is 10.9. The Bertz CT molecular complexity index is 357. The Morgan fingerprint density at radius 1 is 1.28 bits per heavy atom. The highest BCUT2D eigenvalue weighted by atomic mass is 19.3. The smallest absolute Gasteiger partial charge is 0.251 e. The molecule has 0 aliphatic rings. The lowest BCUT2D eigenvalue weighted by Gasteiger charge is -2.29. The molecule has 1 rings (SSSR count). The summed E-state index contributed by atoms with van der Waals surface area (Å²) in [6.07, 6.45) is -2.35. The van der Waals surface area contributed by atoms with Crippen LogP contribution in [0.15, 0.2) is 24.3 Å². The van der Waals surface area contributed by atoms with Crippen LogP contribution >= 0.6 is 0 Å². The topological polar surface area (TPSA) is 38.5 Å². The van der Waals surface area contributed by atoms with Crippen LogP contribution in [-0.2, 0) is 0 Å². The summed E-state index contributed by atoms with van der Waals surface area (Å²) in [4.78, 5) is 1.57. The molecule has 0 aliphatic carbocycles. The average molecular weight is 258 g/mol. The minimum Gasteiger partial charge on any atom is -0.497 e. The standard InChI is InChI=1S/C13H20F2N2O/c1-9(17(2)8-12(14)15)13(16)10-4-6-11(18-3)7-5-10/h4-7,9,12-13H,8,16H2,1-3H3. The number of rotatable bonds is 6. The molecule has 1 aromatic rings. The molecular weight excluding hydrogens is 238 g/mol. The number of hydrogen-bond donors (Lipinski definition) is 1. The maximum absolute atomic E-state index is 12.3. The van der Waals surface area contributed by atoms with Crippen LogP contribution < -0.4 is 10.5 Å². The van der Waals surface area contributed by atoms with Crippen LogP contribution in [0.5, 0.6) is 5.75 Å². The second kappa shape index (κ2) is 6.66. The molecule has 0 radical (unpaired) electrons. The van der Waals surface area contributed by atoms with Crippen molar-refractivity contribution in [1.29, 1.82) is 0 Å². The first kappa shape index (κ1) is 14.9. The van der Waals surface area contributed by atoms with E-state index in [0.29, 0.717) is 0 Å². The molecule has 0 bridgehead atoms. The third-order valence-electron chi connectivity index (χ3n) is 3.14. The average Bonchev–Trinajstić information content (AvgIpc) is 2.36. The maximum atomic E-state index is 12.3. The fraction of sp³-hybridized carbons (Fsp3) is 0.538. The fourth-order valence-corrected chi connectivity index (χ4v) is 1.76. The van der Waals surface area contributed by atoms with Gasteiger partial charge in [0, 0.05) is 12.1 Å². The third-order valence-corrected chi connectivity index (χ3v) is 3.14. The van der Waals surface area contributed by atoms with E-state index in [0.717, 1.165) is 11.3 Å². The number of methoxy groups -OCH3 is 1. The predicted octanol–water partition coefficient (Wildman–Crippen LogP) is 2.28. The Labute approximate surface area is 107 Å². The van der Waals surface area contributed by atoms with Gasteiger partial charge in [-0.1, -0.05) is 12.1 Å². The Hall–Kier alpha value is -1.20. The Morgan fingerprint density at radius 2 is 1.83 bits per heavy atom. The monoisotopic (exact) mass is 258 g/mol. The minimum atomic E-state index is -2.35. The van der Waals surface area contributed by atoms with Gasteiger partial charge in [-0.05, 0) is 31.7 Å². The number of benzene rings is 1. The molecule has 0 saturated carbocycles. The first-order valence-corrected chi connectivity index (χ1v) is 5.83. The molecule has 0 aliphatic heterocycles. The van der Waals surface area contributed by atoms with Crippen molar-refractivity contribution in [3.63, 3.8) is 0 Å². The van der Waals surface area contributed by atoms with E-state index in [1.807, 2.05) is 31.2 Å². The fourth-order valence-electron chi connectivity index (χ4n) is 1.76. The summed E-state index contributed by atoms with van der Waals surface area (Å²) in [5.41, 5.74) is 6.99. The summed E-state index contributed by atoms with van der Waals surface area (Å²) in [6, 6.07) is 6.88. The molecule has 2 N–H and O–H groups in total. The van der Waals surface area contributed by atoms with E-state index >= 15 is 0 Å². The van der Waals surface area contributed by atoms with Gasteiger partial charge >= 0.3 is 0 Å². The second-order valence-electron chi connectivity index (χ2n) is 4.37. The predicted molar refractivity (Wildman–Crippen MR) is 68.0 cm³/mol. The van der Waals surface area contributed by atoms with Crippen LogP contribution in [0.2, 0.25) is 0 Å². The maximum Gasteiger partial charge on any atom is 0.251 e. The molecule has 0 saturated heterocycles. The Balaban J connectivity index is 2.69. The molecule has 0 fully saturated rings. The molecule has 3 nitrogen and oxygen atoms in total. The van der Waals surface area contributed by atoms with Gasteiger partial charge < -0.3 is 10.5 Å². The van der Waals surface area contributed by atoms with E-state index in [9.17, 15) is 8.78 Å². The molecular formula is C13H20F2N2O. The van der Waals surface area contributed by atoms with Crippen molar-refractivity contribution >= 4 is 0 Å². The summed E-state index contributed by atoms with van der Waals surface area (Å²) < 4.78 is 29.7. The van der Waals surface area contributed by atoms with Crippen LogP contribution in [0.3, 0.4) is 0 Å². The first-order chi connectivity index (χ1) is 8.45. The summed E-state index contributed by atoms with van der Waals surface area (Å²) in [5.74, 6) is 0.750. The van der Waals surface area contributed by atoms with Gasteiger partial charge in [0.25, 0.3) is 6.43 Å². The van der Waals surface area contributed by atoms with E-state index < -0.39 is 6.43 Å². The van der Waals surface area contributed by atoms with Crippen LogP contribution in [0, 0.1) is 0 Å². The largest absolute Gasteiger partial charge is 0.497 e. The molecule has 1 aromatic carbocycles. The SMILES string of the molecule is COc1ccc(C(N)C(C)N(C)CC(F)F)cc1. The number of hydrogen-bond acceptors (Lipinski definition) is 3. The van der Waals surface area contributed by atoms with Gasteiger partial charge in [-0.15, -0.1) is 0 Å². The van der Waals surface area contributed by atoms with Crippen molar-refractivity contribution in [2.24, 2.45) is 5.73 Å². The lowest BCUT2D eigenvalue weighted by Crippen LogP contribution is -2.40. The number of likely N-dealkylation sites (N-methyl/N-ethyl adjacent to an activating group) is 1. The van der Waals surface area contributed by atoms with Gasteiger partial charge in [0.1, 0.15) is 5.75 Å². The quantitative estimate of drug-likeness (QED) is 0.850. The number of alkyl halides is 2. The third kappa shape index (κ3) is 3.92. The first-order valence-electron chi connectivity index (χ1n) is 5.83. The lowest BCUT2D eigenvalue weighted by molar-refractivity contribution is 0.0784. The lowest BCUT2D eigenvalue weighted by atomic mass is 10.0. The molecule has 0 spiro atoms. The van der Waals surface area contributed by atoms with Gasteiger partial charge in [0.15, 0.2) is 0 Å². The zero-order valence-electron chi connectivity index (χ0n) is 10.9. The van der Waals surface area contributed by atoms with Crippen LogP contribution in [-0.4, -0.2) is 38.1 Å². The van der Waals surface area contributed by atoms with Gasteiger partial charge in [0.2, 0.25) is 0 Å². The van der Waals surface area contributed by atoms with Crippen molar-refractivity contribution in [2.45, 2.75) is 25.4 Å². The van der Waals surface area contributed by atoms with Crippen LogP contribution in [0.1, 0.15) is 18.5 Å². The summed E-state index contributed by atoms with van der Waals surface area (Å²) in [5, 5.41) is 0. The molecule has 0 heterocycles. The Kier molecular flexibility index (Phi) is 5.50. The van der Waals surface area contributed by atoms with Crippen molar-refractivity contribution in [3.05, 3.63) is 29.8 Å². The molecule has 2 unspecified atom stereocenters. The summed E-state index contributed by atoms with van der Waals surface area (Å²) in [6.45, 7) is 1.57. The van der Waals surface area contributed by atoms with E-state index in [1.54, 1.807) is 19.1 Å². The van der Waals surface area contributed by atoms with Gasteiger partial charge in [-0.25, -0.2) is 8.78 Å². The van der Waals surface area contributed by atoms with Crippen molar-refractivity contribution in [2.75, 3.05) is 20.7 Å². The molecule has 0 amide bonds. The minimum absolute atomic E-state index is 0.160. The normalized spacial score (nSPS) is 14.9. The summed E-state index contributed by atoms with van der Waals surface area (Å²) >= 11 is 0. The Morgan fingerprint density at radius 3 is 2.28 bits per heavy atom. The van der Waals surface area contributed by atoms with Gasteiger partial charge in [-0.3, -0.25) is 4.90 Å². The number of nitrogens with zero attached hydrogens (tertiary/aromatic N) is 1. The van der Waals surface area contributed by atoms with Crippen molar-refractivity contribution in [1.82, 2.24) is 4.90 Å². The van der Waals surface area contributed by atoms with Crippen molar-refractivity contribution in [3.8, 4) is 5.75 Å². The van der Waals surface area contributed by atoms with E-state index in [2.05, 4.69) is 0 Å². The van der Waals surface area contributed by atoms with E-state index in [4.69, 9.17) is 10.5 Å². The number of nitrogens with two attached hydrogens (primary N) is 1. The molecule has 18 heavy (non-hydrogen) atoms. The van der Waals surface area contributed by atoms with Gasteiger partial charge in [0.05, 0.1) is 13.7 Å². The second-order valence-corrected chi connectivity index (χ2v) is 4.37. The highest BCUT2D eigenvalue weighted by Gasteiger charge is 2.21. The molecule has 2 atom stereocenters. The van der Waals surface area contributed by atoms with E-state index in [1.165, 1.54) is 0 Å². The molecule has 0 aromatic heterocycles. The van der Waals surface area contributed by atoms with Gasteiger partial charge in [-0.2, -0.15) is 0 Å². The van der Waals surface area contributed by atoms with Crippen LogP contribution in [0.25, 0.3) is 0 Å². The molecule has 5 heteroatoms.